The number of hydrogen-bond donors (Lipinski definition) is 2. The van der Waals surface area contributed by atoms with E-state index in [0.717, 1.165) is 11.1 Å². The molecule has 4 bridgehead atoms. The topological polar surface area (TPSA) is 160 Å². The van der Waals surface area contributed by atoms with Gasteiger partial charge in [-0.1, -0.05) is 42.3 Å². The number of nitrogens with one attached hydrogen (secondary N) is 1. The fraction of sp³-hybridized carbons (Fsp3) is 0.622. The molecule has 15 heteroatoms. The van der Waals surface area contributed by atoms with E-state index in [9.17, 15) is 24.3 Å². The Hall–Kier alpha value is -3.69. The molecule has 288 valence electrons. The summed E-state index contributed by atoms with van der Waals surface area (Å²) in [6.07, 6.45) is 1.18. The van der Waals surface area contributed by atoms with Gasteiger partial charge in [-0.25, -0.2) is 9.59 Å². The maximum absolute atomic E-state index is 14.1. The first-order valence-electron chi connectivity index (χ1n) is 17.3. The highest BCUT2D eigenvalue weighted by Gasteiger charge is 2.64. The highest BCUT2D eigenvalue weighted by Crippen LogP contribution is 2.49. The Morgan fingerprint density at radius 3 is 2.54 bits per heavy atom. The zero-order chi connectivity index (χ0) is 38.7. The zero-order valence-corrected chi connectivity index (χ0v) is 32.5. The Morgan fingerprint density at radius 2 is 1.90 bits per heavy atom. The first-order chi connectivity index (χ1) is 24.3. The second-order valence-corrected chi connectivity index (χ2v) is 14.8. The molecule has 2 N–H and O–H groups in total. The molecule has 52 heavy (non-hydrogen) atoms. The fourth-order valence-electron chi connectivity index (χ4n) is 6.71. The summed E-state index contributed by atoms with van der Waals surface area (Å²) in [5.74, 6) is -1.54. The van der Waals surface area contributed by atoms with Crippen molar-refractivity contribution in [3.63, 3.8) is 0 Å². The van der Waals surface area contributed by atoms with E-state index in [0.29, 0.717) is 24.4 Å². The van der Waals surface area contributed by atoms with E-state index in [1.165, 1.54) is 31.1 Å². The van der Waals surface area contributed by atoms with E-state index < -0.39 is 65.7 Å². The number of benzene rings is 1. The molecular formula is C37H53ClN4O10. The smallest absolute Gasteiger partial charge is 0.409 e. The Bertz CT molecular complexity index is 1590. The SMILES string of the molecule is COc1cc2cc(c1Cl)N(C)C(=O)C[C@H](OC(=O)[C@H](C)N(C)C(=O)CCN(C)C)[C@]1(C)O[C@H]1[C@H](C)[C@@H]1C[C@@](O)(NC(=O)O1)[C@H](OC)/C=C/C=C(\C)C2. The van der Waals surface area contributed by atoms with Crippen LogP contribution in [0.3, 0.4) is 0 Å². The van der Waals surface area contributed by atoms with Crippen molar-refractivity contribution in [2.24, 2.45) is 5.92 Å². The lowest BCUT2D eigenvalue weighted by atomic mass is 9.83. The number of alkyl carbamates (subject to hydrolysis) is 1. The molecule has 2 saturated heterocycles. The number of aliphatic hydroxyl groups is 1. The van der Waals surface area contributed by atoms with E-state index in [-0.39, 0.29) is 30.2 Å². The van der Waals surface area contributed by atoms with Crippen molar-refractivity contribution in [2.75, 3.05) is 53.9 Å². The van der Waals surface area contributed by atoms with E-state index in [1.807, 2.05) is 32.0 Å². The van der Waals surface area contributed by atoms with E-state index in [4.69, 9.17) is 35.3 Å². The van der Waals surface area contributed by atoms with Crippen LogP contribution in [0.4, 0.5) is 10.5 Å². The number of likely N-dealkylation sites (N-methyl/N-ethyl adjacent to an activating group) is 1. The molecule has 0 saturated carbocycles. The number of hydrogen-bond acceptors (Lipinski definition) is 11. The van der Waals surface area contributed by atoms with Gasteiger partial charge in [-0.3, -0.25) is 14.9 Å². The van der Waals surface area contributed by atoms with Crippen molar-refractivity contribution in [1.29, 1.82) is 0 Å². The van der Waals surface area contributed by atoms with Crippen LogP contribution in [0.25, 0.3) is 0 Å². The summed E-state index contributed by atoms with van der Waals surface area (Å²) in [5.41, 5.74) is -0.895. The van der Waals surface area contributed by atoms with Crippen LogP contribution in [0.2, 0.25) is 5.02 Å². The Morgan fingerprint density at radius 1 is 1.21 bits per heavy atom. The number of rotatable bonds is 8. The van der Waals surface area contributed by atoms with Crippen LogP contribution in [-0.4, -0.2) is 130 Å². The number of anilines is 1. The second-order valence-electron chi connectivity index (χ2n) is 14.5. The van der Waals surface area contributed by atoms with Gasteiger partial charge >= 0.3 is 12.1 Å². The average molecular weight is 749 g/mol. The number of esters is 1. The summed E-state index contributed by atoms with van der Waals surface area (Å²) in [4.78, 5) is 58.1. The molecule has 4 rings (SSSR count). The van der Waals surface area contributed by atoms with Crippen LogP contribution in [0, 0.1) is 5.92 Å². The summed E-state index contributed by atoms with van der Waals surface area (Å²) in [6.45, 7) is 7.51. The van der Waals surface area contributed by atoms with Crippen molar-refractivity contribution in [3.8, 4) is 5.75 Å². The molecule has 3 aliphatic heterocycles. The zero-order valence-electron chi connectivity index (χ0n) is 31.7. The van der Waals surface area contributed by atoms with Gasteiger partial charge in [0.15, 0.2) is 5.72 Å². The van der Waals surface area contributed by atoms with Gasteiger partial charge in [0.2, 0.25) is 11.8 Å². The molecule has 0 aliphatic carbocycles. The number of carbonyl (C=O) groups is 4. The molecule has 1 aromatic rings. The molecule has 0 radical (unpaired) electrons. The third-order valence-electron chi connectivity index (χ3n) is 10.3. The van der Waals surface area contributed by atoms with E-state index >= 15 is 0 Å². The Labute approximate surface area is 310 Å². The van der Waals surface area contributed by atoms with Crippen molar-refractivity contribution >= 4 is 41.2 Å². The number of fused-ring (bicyclic) bond motifs is 5. The van der Waals surface area contributed by atoms with Gasteiger partial charge in [0.25, 0.3) is 0 Å². The minimum absolute atomic E-state index is 0.0471. The summed E-state index contributed by atoms with van der Waals surface area (Å²) in [5, 5.41) is 14.5. The monoisotopic (exact) mass is 748 g/mol. The first kappa shape index (κ1) is 41.1. The molecule has 3 aliphatic rings. The van der Waals surface area contributed by atoms with Crippen LogP contribution in [0.1, 0.15) is 52.5 Å². The van der Waals surface area contributed by atoms with Gasteiger partial charge in [0, 0.05) is 46.5 Å². The van der Waals surface area contributed by atoms with Gasteiger partial charge in [-0.05, 0) is 59.0 Å². The summed E-state index contributed by atoms with van der Waals surface area (Å²) in [6, 6.07) is 2.62. The van der Waals surface area contributed by atoms with Crippen molar-refractivity contribution in [1.82, 2.24) is 15.1 Å². The molecule has 8 atom stereocenters. The van der Waals surface area contributed by atoms with Crippen LogP contribution >= 0.6 is 11.6 Å². The fourth-order valence-corrected chi connectivity index (χ4v) is 7.03. The molecule has 0 spiro atoms. The van der Waals surface area contributed by atoms with Crippen LogP contribution < -0.4 is 15.0 Å². The van der Waals surface area contributed by atoms with Gasteiger partial charge in [0.05, 0.1) is 25.3 Å². The van der Waals surface area contributed by atoms with E-state index in [1.54, 1.807) is 52.1 Å². The maximum Gasteiger partial charge on any atom is 0.409 e. The Balaban J connectivity index is 1.75. The predicted octanol–water partition coefficient (Wildman–Crippen LogP) is 3.47. The molecule has 14 nitrogen and oxygen atoms in total. The number of amides is 3. The number of ether oxygens (including phenoxy) is 5. The van der Waals surface area contributed by atoms with Crippen LogP contribution in [0.5, 0.6) is 5.75 Å². The number of allylic oxidation sites excluding steroid dienone is 3. The van der Waals surface area contributed by atoms with Gasteiger partial charge < -0.3 is 43.5 Å². The number of nitrogens with zero attached hydrogens (tertiary/aromatic N) is 3. The normalized spacial score (nSPS) is 31.7. The quantitative estimate of drug-likeness (QED) is 0.296. The van der Waals surface area contributed by atoms with Gasteiger partial charge in [0.1, 0.15) is 40.7 Å². The summed E-state index contributed by atoms with van der Waals surface area (Å²) >= 11 is 6.75. The lowest BCUT2D eigenvalue weighted by Crippen LogP contribution is -2.63. The van der Waals surface area contributed by atoms with E-state index in [2.05, 4.69) is 5.32 Å². The summed E-state index contributed by atoms with van der Waals surface area (Å²) < 4.78 is 29.2. The molecule has 0 aromatic heterocycles. The number of carbonyl (C=O) groups excluding carboxylic acids is 4. The lowest BCUT2D eigenvalue weighted by molar-refractivity contribution is -0.162. The second kappa shape index (κ2) is 16.5. The standard InChI is InChI=1S/C37H53ClN4O10/c1-21-12-11-13-28(49-10)37(47)20-27(50-35(46)39-37)22(2)33-36(4,52-33)29(51-34(45)23(3)41(7)30(43)14-15-40(5)6)19-31(44)42(8)25-17-24(16-21)18-26(48-9)32(25)38/h11-13,17-18,22-23,27-29,33,47H,14-16,19-20H2,1-10H3,(H,39,46)/b13-11+,21-12+/t22-,23+,27+,28-,29+,33+,36+,37+/m1/s1. The average Bonchev–Trinajstić information content (AvgIpc) is 3.79. The highest BCUT2D eigenvalue weighted by molar-refractivity contribution is 6.35. The Kier molecular flexibility index (Phi) is 13.1. The maximum atomic E-state index is 14.1. The predicted molar refractivity (Wildman–Crippen MR) is 194 cm³/mol. The summed E-state index contributed by atoms with van der Waals surface area (Å²) in [7, 11) is 9.73. The number of halogens is 1. The van der Waals surface area contributed by atoms with Crippen LogP contribution in [-0.2, 0) is 39.8 Å². The van der Waals surface area contributed by atoms with Crippen molar-refractivity contribution < 1.29 is 48.0 Å². The largest absolute Gasteiger partial charge is 0.495 e. The third kappa shape index (κ3) is 9.08. The lowest BCUT2D eigenvalue weighted by Gasteiger charge is -2.42. The minimum Gasteiger partial charge on any atom is -0.495 e. The molecule has 3 heterocycles. The molecular weight excluding hydrogens is 696 g/mol. The van der Waals surface area contributed by atoms with Gasteiger partial charge in [-0.2, -0.15) is 0 Å². The third-order valence-corrected chi connectivity index (χ3v) is 10.7. The first-order valence-corrected chi connectivity index (χ1v) is 17.7. The number of methoxy groups -OCH3 is 2. The van der Waals surface area contributed by atoms with Crippen molar-refractivity contribution in [2.45, 2.75) is 95.2 Å². The molecule has 3 amide bonds. The minimum atomic E-state index is -1.82. The molecule has 2 fully saturated rings. The van der Waals surface area contributed by atoms with Gasteiger partial charge in [-0.15, -0.1) is 0 Å². The number of epoxide rings is 1. The molecule has 0 unspecified atom stereocenters. The highest BCUT2D eigenvalue weighted by atomic mass is 35.5. The molecule has 1 aromatic carbocycles. The van der Waals surface area contributed by atoms with Crippen LogP contribution in [0.15, 0.2) is 35.9 Å². The van der Waals surface area contributed by atoms with Crippen molar-refractivity contribution in [3.05, 3.63) is 46.5 Å².